The van der Waals surface area contributed by atoms with E-state index in [1.165, 1.54) is 31.5 Å². The summed E-state index contributed by atoms with van der Waals surface area (Å²) in [4.78, 5) is 0. The Bertz CT molecular complexity index is 724. The van der Waals surface area contributed by atoms with Gasteiger partial charge in [0.2, 0.25) is 0 Å². The minimum atomic E-state index is -8.59. The molecule has 0 N–H and O–H groups in total. The van der Waals surface area contributed by atoms with Crippen molar-refractivity contribution >= 4 is 8.24 Å². The Morgan fingerprint density at radius 2 is 0.771 bits per heavy atom. The zero-order chi connectivity index (χ0) is 28.9. The summed E-state index contributed by atoms with van der Waals surface area (Å²) >= 11 is 0. The fourth-order valence-electron chi connectivity index (χ4n) is 3.05. The van der Waals surface area contributed by atoms with Gasteiger partial charge in [-0.1, -0.05) is 26.9 Å². The Morgan fingerprint density at radius 3 is 1.06 bits per heavy atom. The van der Waals surface area contributed by atoms with Crippen LogP contribution in [0.5, 0.6) is 0 Å². The molecule has 0 saturated heterocycles. The highest BCUT2D eigenvalue weighted by Crippen LogP contribution is 2.64. The molecule has 35 heavy (non-hydrogen) atoms. The third-order valence-corrected chi connectivity index (χ3v) is 9.28. The van der Waals surface area contributed by atoms with Crippen LogP contribution in [-0.2, 0) is 0 Å². The van der Waals surface area contributed by atoms with Crippen molar-refractivity contribution in [3.63, 3.8) is 0 Å². The second-order valence-electron chi connectivity index (χ2n) is 8.13. The second kappa shape index (κ2) is 9.38. The molecule has 0 radical (unpaired) electrons. The number of nitrogens with zero attached hydrogens (tertiary/aromatic N) is 1. The van der Waals surface area contributed by atoms with E-state index in [-0.39, 0.29) is 13.1 Å². The molecule has 19 heteroatoms. The molecule has 1 nitrogen and oxygen atoms in total. The summed E-state index contributed by atoms with van der Waals surface area (Å²) < 4.78 is 227. The SMILES string of the molecule is CCN(CC)[Si](C)(C)CCC(F)(F)C(F)(F)C(F)(F)C(F)(F)C(F)(F)C(F)(F)C(F)(F)C(F)(F)F. The van der Waals surface area contributed by atoms with Crippen LogP contribution >= 0.6 is 0 Å². The highest BCUT2D eigenvalue weighted by molar-refractivity contribution is 6.74. The molecule has 0 fully saturated rings. The van der Waals surface area contributed by atoms with Crippen LogP contribution in [-0.4, -0.2) is 73.5 Å². The molecule has 0 unspecified atom stereocenters. The topological polar surface area (TPSA) is 3.24 Å². The van der Waals surface area contributed by atoms with Gasteiger partial charge in [-0.15, -0.1) is 0 Å². The van der Waals surface area contributed by atoms with Crippen molar-refractivity contribution in [2.24, 2.45) is 0 Å². The molecule has 0 bridgehead atoms. The highest BCUT2D eigenvalue weighted by Gasteiger charge is 2.95. The molecule has 0 aromatic rings. The molecule has 0 heterocycles. The molecule has 0 spiro atoms. The maximum atomic E-state index is 14.0. The zero-order valence-corrected chi connectivity index (χ0v) is 19.2. The summed E-state index contributed by atoms with van der Waals surface area (Å²) in [6, 6.07) is -1.04. The fourth-order valence-corrected chi connectivity index (χ4v) is 6.01. The van der Waals surface area contributed by atoms with Gasteiger partial charge in [-0.05, 0) is 19.1 Å². The Balaban J connectivity index is 6.50. The van der Waals surface area contributed by atoms with Gasteiger partial charge in [0.25, 0.3) is 0 Å². The quantitative estimate of drug-likeness (QED) is 0.168. The van der Waals surface area contributed by atoms with Crippen molar-refractivity contribution in [3.8, 4) is 0 Å². The number of hydrogen-bond donors (Lipinski definition) is 0. The lowest BCUT2D eigenvalue weighted by Gasteiger charge is -2.43. The summed E-state index contributed by atoms with van der Waals surface area (Å²) in [5.74, 6) is -55.8. The van der Waals surface area contributed by atoms with Crippen LogP contribution < -0.4 is 0 Å². The van der Waals surface area contributed by atoms with Crippen molar-refractivity contribution in [1.82, 2.24) is 4.57 Å². The first-order chi connectivity index (χ1) is 15.0. The van der Waals surface area contributed by atoms with Crippen molar-refractivity contribution in [2.75, 3.05) is 13.1 Å². The van der Waals surface area contributed by atoms with Crippen molar-refractivity contribution < 1.29 is 74.6 Å². The summed E-state index contributed by atoms with van der Waals surface area (Å²) in [5.41, 5.74) is 0. The monoisotopic (exact) mass is 577 g/mol. The smallest absolute Gasteiger partial charge is 0.324 e. The largest absolute Gasteiger partial charge is 0.460 e. The molecule has 0 aliphatic heterocycles. The lowest BCUT2D eigenvalue weighted by atomic mass is 9.88. The summed E-state index contributed by atoms with van der Waals surface area (Å²) in [6.45, 7) is 5.77. The van der Waals surface area contributed by atoms with Crippen LogP contribution in [0.4, 0.5) is 74.6 Å². The van der Waals surface area contributed by atoms with Gasteiger partial charge in [-0.3, -0.25) is 0 Å². The van der Waals surface area contributed by atoms with E-state index in [9.17, 15) is 74.6 Å². The van der Waals surface area contributed by atoms with Crippen LogP contribution in [0.2, 0.25) is 19.1 Å². The van der Waals surface area contributed by atoms with Gasteiger partial charge >= 0.3 is 47.6 Å². The van der Waals surface area contributed by atoms with E-state index in [2.05, 4.69) is 0 Å². The molecule has 0 rings (SSSR count). The summed E-state index contributed by atoms with van der Waals surface area (Å²) in [5, 5.41) is 0. The molecule has 0 amide bonds. The third kappa shape index (κ3) is 5.08. The number of alkyl halides is 17. The van der Waals surface area contributed by atoms with Crippen molar-refractivity contribution in [2.45, 2.75) is 87.0 Å². The lowest BCUT2D eigenvalue weighted by Crippen LogP contribution is -2.74. The van der Waals surface area contributed by atoms with E-state index < -0.39 is 68.3 Å². The number of rotatable bonds is 12. The maximum absolute atomic E-state index is 14.0. The zero-order valence-electron chi connectivity index (χ0n) is 18.2. The van der Waals surface area contributed by atoms with Crippen molar-refractivity contribution in [1.29, 1.82) is 0 Å². The standard InChI is InChI=1S/C16H20F17NSi/c1-5-34(6-2)35(3,4)8-7-9(17,18)10(19,20)11(21,22)12(23,24)13(25,26)14(27,28)15(29,30)16(31,32)33/h5-8H2,1-4H3. The average Bonchev–Trinajstić information content (AvgIpc) is 2.65. The molecular formula is C16H20F17NSi. The van der Waals surface area contributed by atoms with Crippen LogP contribution in [0, 0.1) is 0 Å². The van der Waals surface area contributed by atoms with E-state index in [4.69, 9.17) is 0 Å². The molecule has 0 saturated carbocycles. The minimum Gasteiger partial charge on any atom is -0.324 e. The Hall–Kier alpha value is -1.01. The van der Waals surface area contributed by atoms with Crippen molar-refractivity contribution in [3.05, 3.63) is 0 Å². The van der Waals surface area contributed by atoms with E-state index >= 15 is 0 Å². The first-order valence-corrected chi connectivity index (χ1v) is 12.6. The van der Waals surface area contributed by atoms with E-state index in [1.807, 2.05) is 0 Å². The van der Waals surface area contributed by atoms with Gasteiger partial charge < -0.3 is 4.57 Å². The van der Waals surface area contributed by atoms with E-state index in [0.29, 0.717) is 0 Å². The first kappa shape index (κ1) is 34.0. The highest BCUT2D eigenvalue weighted by atomic mass is 28.3. The predicted molar refractivity (Wildman–Crippen MR) is 90.5 cm³/mol. The molecular weight excluding hydrogens is 557 g/mol. The van der Waals surface area contributed by atoms with Gasteiger partial charge in [0.15, 0.2) is 0 Å². The fraction of sp³-hybridized carbons (Fsp3) is 1.00. The molecule has 0 atom stereocenters. The Morgan fingerprint density at radius 1 is 0.486 bits per heavy atom. The number of halogens is 17. The van der Waals surface area contributed by atoms with Gasteiger partial charge in [0.1, 0.15) is 8.24 Å². The molecule has 212 valence electrons. The minimum absolute atomic E-state index is 0.140. The average molecular weight is 577 g/mol. The predicted octanol–water partition coefficient (Wildman–Crippen LogP) is 7.93. The van der Waals surface area contributed by atoms with Crippen LogP contribution in [0.15, 0.2) is 0 Å². The van der Waals surface area contributed by atoms with E-state index in [0.717, 1.165) is 0 Å². The normalized spacial score (nSPS) is 16.3. The van der Waals surface area contributed by atoms with Crippen LogP contribution in [0.25, 0.3) is 0 Å². The van der Waals surface area contributed by atoms with Gasteiger partial charge in [-0.25, -0.2) is 0 Å². The molecule has 0 aromatic heterocycles. The maximum Gasteiger partial charge on any atom is 0.460 e. The Kier molecular flexibility index (Phi) is 9.11. The summed E-state index contributed by atoms with van der Waals surface area (Å²) in [7, 11) is -3.14. The number of hydrogen-bond acceptors (Lipinski definition) is 1. The van der Waals surface area contributed by atoms with E-state index in [1.54, 1.807) is 0 Å². The Labute approximate surface area is 188 Å². The molecule has 0 aliphatic rings. The lowest BCUT2D eigenvalue weighted by molar-refractivity contribution is -0.461. The third-order valence-electron chi connectivity index (χ3n) is 5.46. The van der Waals surface area contributed by atoms with Gasteiger partial charge in [-0.2, -0.15) is 74.6 Å². The summed E-state index contributed by atoms with van der Waals surface area (Å²) in [6.07, 6.45) is -10.1. The first-order valence-electron chi connectivity index (χ1n) is 9.44. The molecule has 0 aliphatic carbocycles. The van der Waals surface area contributed by atoms with Crippen LogP contribution in [0.3, 0.4) is 0 Å². The second-order valence-corrected chi connectivity index (χ2v) is 12.9. The van der Waals surface area contributed by atoms with Crippen LogP contribution in [0.1, 0.15) is 20.3 Å². The van der Waals surface area contributed by atoms with Gasteiger partial charge in [0, 0.05) is 6.42 Å². The molecule has 0 aromatic carbocycles. The van der Waals surface area contributed by atoms with Gasteiger partial charge in [0.05, 0.1) is 0 Å².